The van der Waals surface area contributed by atoms with E-state index >= 15 is 0 Å². The normalized spacial score (nSPS) is 16.4. The van der Waals surface area contributed by atoms with Crippen molar-refractivity contribution in [2.45, 2.75) is 29.2 Å². The van der Waals surface area contributed by atoms with Crippen LogP contribution in [0.2, 0.25) is 0 Å². The average molecular weight is 399 g/mol. The summed E-state index contributed by atoms with van der Waals surface area (Å²) in [7, 11) is -5.88. The zero-order valence-electron chi connectivity index (χ0n) is 14.6. The molecule has 0 saturated carbocycles. The summed E-state index contributed by atoms with van der Waals surface area (Å²) < 4.78 is 62.0. The molecule has 0 radical (unpaired) electrons. The number of furan rings is 1. The highest BCUT2D eigenvalue weighted by atomic mass is 32.2. The van der Waals surface area contributed by atoms with Crippen LogP contribution in [-0.4, -0.2) is 46.6 Å². The molecule has 1 aromatic carbocycles. The van der Waals surface area contributed by atoms with Crippen molar-refractivity contribution in [3.8, 4) is 5.75 Å². The first kappa shape index (κ1) is 18.9. The van der Waals surface area contributed by atoms with E-state index < -0.39 is 25.1 Å². The van der Waals surface area contributed by atoms with Gasteiger partial charge in [0.05, 0.1) is 18.6 Å². The van der Waals surface area contributed by atoms with Crippen LogP contribution in [-0.2, 0) is 32.0 Å². The molecule has 0 N–H and O–H groups in total. The van der Waals surface area contributed by atoms with Crippen molar-refractivity contribution in [1.82, 2.24) is 4.31 Å². The third-order valence-corrected chi connectivity index (χ3v) is 8.35. The van der Waals surface area contributed by atoms with E-state index in [2.05, 4.69) is 0 Å². The molecule has 7 nitrogen and oxygen atoms in total. The van der Waals surface area contributed by atoms with Crippen molar-refractivity contribution in [3.63, 3.8) is 0 Å². The van der Waals surface area contributed by atoms with E-state index in [9.17, 15) is 16.8 Å². The molecule has 1 saturated heterocycles. The van der Waals surface area contributed by atoms with Crippen LogP contribution in [0.4, 0.5) is 0 Å². The Bertz CT molecular complexity index is 974. The number of rotatable bonds is 7. The molecule has 2 aromatic rings. The van der Waals surface area contributed by atoms with Gasteiger partial charge in [-0.15, -0.1) is 0 Å². The summed E-state index contributed by atoms with van der Waals surface area (Å²) in [5, 5.41) is -0.734. The predicted molar refractivity (Wildman–Crippen MR) is 96.3 cm³/mol. The van der Waals surface area contributed by atoms with Crippen LogP contribution in [0.3, 0.4) is 0 Å². The first-order valence-electron chi connectivity index (χ1n) is 8.19. The third-order valence-electron chi connectivity index (χ3n) is 4.50. The lowest BCUT2D eigenvalue weighted by Crippen LogP contribution is -2.56. The fourth-order valence-corrected chi connectivity index (χ4v) is 6.35. The van der Waals surface area contributed by atoms with E-state index in [0.717, 1.165) is 5.56 Å². The Hall–Kier alpha value is -1.84. The lowest BCUT2D eigenvalue weighted by Gasteiger charge is -2.37. The first-order chi connectivity index (χ1) is 12.3. The van der Waals surface area contributed by atoms with Crippen LogP contribution < -0.4 is 4.74 Å². The van der Waals surface area contributed by atoms with E-state index in [1.807, 2.05) is 13.0 Å². The van der Waals surface area contributed by atoms with Crippen molar-refractivity contribution in [1.29, 1.82) is 0 Å². The molecule has 2 heterocycles. The van der Waals surface area contributed by atoms with Crippen molar-refractivity contribution in [2.24, 2.45) is 0 Å². The van der Waals surface area contributed by atoms with Crippen LogP contribution >= 0.6 is 0 Å². The maximum absolute atomic E-state index is 12.9. The first-order valence-corrected chi connectivity index (χ1v) is 11.3. The predicted octanol–water partition coefficient (Wildman–Crippen LogP) is 1.84. The summed E-state index contributed by atoms with van der Waals surface area (Å²) in [6, 6.07) is 8.22. The number of hydrogen-bond donors (Lipinski definition) is 0. The Morgan fingerprint density at radius 1 is 1.19 bits per heavy atom. The molecule has 0 atom stereocenters. The largest absolute Gasteiger partial charge is 0.495 e. The standard InChI is InChI=1S/C17H21NO6S2/c1-3-13-6-7-16(23-2)17(9-13)26(21,22)18-10-15(11-18)25(19,20)12-14-5-4-8-24-14/h4-9,15H,3,10-12H2,1-2H3. The van der Waals surface area contributed by atoms with Gasteiger partial charge in [-0.3, -0.25) is 0 Å². The third kappa shape index (κ3) is 3.51. The van der Waals surface area contributed by atoms with Gasteiger partial charge in [-0.25, -0.2) is 16.8 Å². The molecule has 1 aliphatic heterocycles. The minimum Gasteiger partial charge on any atom is -0.495 e. The number of sulfonamides is 1. The number of benzene rings is 1. The van der Waals surface area contributed by atoms with E-state index in [1.165, 1.54) is 17.7 Å². The Kier molecular flexibility index (Phi) is 5.14. The summed E-state index contributed by atoms with van der Waals surface area (Å²) in [6.45, 7) is 1.80. The fraction of sp³-hybridized carbons (Fsp3) is 0.412. The van der Waals surface area contributed by atoms with Gasteiger partial charge in [-0.05, 0) is 36.2 Å². The second-order valence-corrected chi connectivity index (χ2v) is 10.4. The summed E-state index contributed by atoms with van der Waals surface area (Å²) in [5.74, 6) is 0.375. The SMILES string of the molecule is CCc1ccc(OC)c(S(=O)(=O)N2CC(S(=O)(=O)Cc3ccco3)C2)c1. The van der Waals surface area contributed by atoms with Crippen molar-refractivity contribution in [3.05, 3.63) is 47.9 Å². The molecular formula is C17H21NO6S2. The molecule has 1 fully saturated rings. The molecule has 0 unspecified atom stereocenters. The topological polar surface area (TPSA) is 93.9 Å². The molecule has 1 aliphatic rings. The number of ether oxygens (including phenoxy) is 1. The molecule has 0 spiro atoms. The minimum absolute atomic E-state index is 0.0646. The molecule has 0 amide bonds. The molecular weight excluding hydrogens is 378 g/mol. The number of sulfone groups is 1. The summed E-state index contributed by atoms with van der Waals surface area (Å²) in [4.78, 5) is 0.0706. The minimum atomic E-state index is -3.81. The van der Waals surface area contributed by atoms with Gasteiger partial charge >= 0.3 is 0 Å². The number of nitrogens with zero attached hydrogens (tertiary/aromatic N) is 1. The van der Waals surface area contributed by atoms with Crippen LogP contribution in [0.1, 0.15) is 18.2 Å². The average Bonchev–Trinajstić information content (AvgIpc) is 3.04. The van der Waals surface area contributed by atoms with Gasteiger partial charge in [0.25, 0.3) is 0 Å². The van der Waals surface area contributed by atoms with Gasteiger partial charge in [0.15, 0.2) is 9.84 Å². The van der Waals surface area contributed by atoms with E-state index in [0.29, 0.717) is 12.2 Å². The smallest absolute Gasteiger partial charge is 0.246 e. The fourth-order valence-electron chi connectivity index (χ4n) is 2.82. The molecule has 3 rings (SSSR count). The second kappa shape index (κ2) is 7.05. The highest BCUT2D eigenvalue weighted by molar-refractivity contribution is 7.92. The van der Waals surface area contributed by atoms with Gasteiger partial charge in [-0.1, -0.05) is 13.0 Å². The number of hydrogen-bond acceptors (Lipinski definition) is 6. The van der Waals surface area contributed by atoms with Crippen LogP contribution in [0.15, 0.2) is 45.9 Å². The Labute approximate surface area is 153 Å². The second-order valence-electron chi connectivity index (χ2n) is 6.17. The molecule has 0 aliphatic carbocycles. The highest BCUT2D eigenvalue weighted by Crippen LogP contribution is 2.32. The van der Waals surface area contributed by atoms with Crippen molar-refractivity contribution in [2.75, 3.05) is 20.2 Å². The maximum Gasteiger partial charge on any atom is 0.246 e. The van der Waals surface area contributed by atoms with Gasteiger partial charge in [0, 0.05) is 13.1 Å². The Balaban J connectivity index is 1.78. The van der Waals surface area contributed by atoms with Gasteiger partial charge < -0.3 is 9.15 Å². The summed E-state index contributed by atoms with van der Waals surface area (Å²) >= 11 is 0. The van der Waals surface area contributed by atoms with Crippen LogP contribution in [0.5, 0.6) is 5.75 Å². The number of aryl methyl sites for hydroxylation is 1. The van der Waals surface area contributed by atoms with Crippen molar-refractivity contribution < 1.29 is 26.0 Å². The van der Waals surface area contributed by atoms with Crippen LogP contribution in [0.25, 0.3) is 0 Å². The molecule has 1 aromatic heterocycles. The van der Waals surface area contributed by atoms with Crippen molar-refractivity contribution >= 4 is 19.9 Å². The van der Waals surface area contributed by atoms with E-state index in [-0.39, 0.29) is 29.5 Å². The lowest BCUT2D eigenvalue weighted by atomic mass is 10.2. The lowest BCUT2D eigenvalue weighted by molar-refractivity contribution is 0.307. The molecule has 0 bridgehead atoms. The zero-order chi connectivity index (χ0) is 18.9. The quantitative estimate of drug-likeness (QED) is 0.705. The van der Waals surface area contributed by atoms with Gasteiger partial charge in [0.1, 0.15) is 22.2 Å². The zero-order valence-corrected chi connectivity index (χ0v) is 16.2. The monoisotopic (exact) mass is 399 g/mol. The Morgan fingerprint density at radius 2 is 1.92 bits per heavy atom. The Morgan fingerprint density at radius 3 is 2.50 bits per heavy atom. The van der Waals surface area contributed by atoms with E-state index in [1.54, 1.807) is 24.3 Å². The molecule has 142 valence electrons. The maximum atomic E-state index is 12.9. The summed E-state index contributed by atoms with van der Waals surface area (Å²) in [5.41, 5.74) is 0.867. The molecule has 26 heavy (non-hydrogen) atoms. The highest BCUT2D eigenvalue weighted by Gasteiger charge is 2.44. The van der Waals surface area contributed by atoms with Gasteiger partial charge in [0.2, 0.25) is 10.0 Å². The summed E-state index contributed by atoms with van der Waals surface area (Å²) in [6.07, 6.45) is 2.10. The molecule has 9 heteroatoms. The number of methoxy groups -OCH3 is 1. The van der Waals surface area contributed by atoms with E-state index in [4.69, 9.17) is 9.15 Å². The van der Waals surface area contributed by atoms with Crippen LogP contribution in [0, 0.1) is 0 Å². The van der Waals surface area contributed by atoms with Gasteiger partial charge in [-0.2, -0.15) is 4.31 Å².